The standard InChI is InChI=1S/C25H25FN4O2/c1-30-22(31)25(29-23(30)28)21-18(16-5-3-4-15(12-16)14-27)6-7-20(26)19(21)13-24(25)10-8-17(32-2)9-11-24/h3-7,12,17H,8-11,13H2,1-2H3,(H2,28,29)/t17-,24-,25?. The number of guanidine groups is 1. The lowest BCUT2D eigenvalue weighted by Crippen LogP contribution is -2.51. The average Bonchev–Trinajstić information content (AvgIpc) is 3.22. The Balaban J connectivity index is 1.79. The third-order valence-corrected chi connectivity index (χ3v) is 7.67. The average molecular weight is 432 g/mol. The molecule has 164 valence electrons. The van der Waals surface area contributed by atoms with Crippen LogP contribution in [0.5, 0.6) is 0 Å². The number of rotatable bonds is 2. The van der Waals surface area contributed by atoms with Gasteiger partial charge in [0, 0.05) is 25.1 Å². The lowest BCUT2D eigenvalue weighted by Gasteiger charge is -2.45. The lowest BCUT2D eigenvalue weighted by atomic mass is 9.61. The molecule has 6 nitrogen and oxygen atoms in total. The number of nitrogens with two attached hydrogens (primary N) is 1. The molecule has 3 aliphatic rings. The Hall–Kier alpha value is -3.24. The number of fused-ring (bicyclic) bond motifs is 3. The van der Waals surface area contributed by atoms with E-state index in [4.69, 9.17) is 15.5 Å². The smallest absolute Gasteiger partial charge is 0.262 e. The van der Waals surface area contributed by atoms with Gasteiger partial charge in [-0.2, -0.15) is 5.26 Å². The van der Waals surface area contributed by atoms with E-state index >= 15 is 4.39 Å². The fourth-order valence-electron chi connectivity index (χ4n) is 6.00. The SMILES string of the molecule is CO[C@H]1CC[C@]2(CC1)Cc1c(F)ccc(-c3cccc(C#N)c3)c1C21N=C(N)N(C)C1=O. The van der Waals surface area contributed by atoms with E-state index in [9.17, 15) is 10.1 Å². The summed E-state index contributed by atoms with van der Waals surface area (Å²) in [4.78, 5) is 20.1. The van der Waals surface area contributed by atoms with Crippen molar-refractivity contribution in [3.8, 4) is 17.2 Å². The van der Waals surface area contributed by atoms with E-state index in [2.05, 4.69) is 6.07 Å². The number of aliphatic imine (C=N–C) groups is 1. The van der Waals surface area contributed by atoms with E-state index in [-0.39, 0.29) is 23.8 Å². The van der Waals surface area contributed by atoms with Crippen molar-refractivity contribution in [2.24, 2.45) is 16.1 Å². The predicted molar refractivity (Wildman–Crippen MR) is 118 cm³/mol. The topological polar surface area (TPSA) is 91.7 Å². The summed E-state index contributed by atoms with van der Waals surface area (Å²) in [6, 6.07) is 12.5. The van der Waals surface area contributed by atoms with E-state index in [0.717, 1.165) is 24.0 Å². The molecule has 5 rings (SSSR count). The summed E-state index contributed by atoms with van der Waals surface area (Å²) in [5, 5.41) is 9.39. The van der Waals surface area contributed by atoms with E-state index in [1.54, 1.807) is 38.4 Å². The minimum atomic E-state index is -1.28. The molecule has 1 heterocycles. The highest BCUT2D eigenvalue weighted by Crippen LogP contribution is 2.63. The number of carbonyl (C=O) groups is 1. The number of hydrogen-bond acceptors (Lipinski definition) is 5. The second-order valence-corrected chi connectivity index (χ2v) is 9.08. The van der Waals surface area contributed by atoms with Crippen LogP contribution < -0.4 is 5.73 Å². The molecule has 2 aromatic rings. The first-order valence-corrected chi connectivity index (χ1v) is 10.9. The van der Waals surface area contributed by atoms with E-state index in [1.807, 2.05) is 6.07 Å². The number of amides is 1. The Morgan fingerprint density at radius 1 is 1.28 bits per heavy atom. The minimum Gasteiger partial charge on any atom is -0.381 e. The summed E-state index contributed by atoms with van der Waals surface area (Å²) in [6.07, 6.45) is 3.47. The zero-order valence-corrected chi connectivity index (χ0v) is 18.2. The molecule has 7 heteroatoms. The Morgan fingerprint density at radius 3 is 2.66 bits per heavy atom. The normalized spacial score (nSPS) is 28.8. The third-order valence-electron chi connectivity index (χ3n) is 7.67. The maximum atomic E-state index is 15.3. The number of benzene rings is 2. The van der Waals surface area contributed by atoms with Crippen LogP contribution in [0.2, 0.25) is 0 Å². The van der Waals surface area contributed by atoms with Crippen molar-refractivity contribution in [2.75, 3.05) is 14.2 Å². The molecule has 1 amide bonds. The molecule has 32 heavy (non-hydrogen) atoms. The van der Waals surface area contributed by atoms with Gasteiger partial charge in [0.2, 0.25) is 0 Å². The van der Waals surface area contributed by atoms with E-state index in [0.29, 0.717) is 36.0 Å². The molecule has 2 N–H and O–H groups in total. The van der Waals surface area contributed by atoms with Crippen molar-refractivity contribution in [2.45, 2.75) is 43.7 Å². The molecular formula is C25H25FN4O2. The summed E-state index contributed by atoms with van der Waals surface area (Å²) in [7, 11) is 3.32. The van der Waals surface area contributed by atoms with Crippen molar-refractivity contribution < 1.29 is 13.9 Å². The van der Waals surface area contributed by atoms with Gasteiger partial charge < -0.3 is 10.5 Å². The maximum Gasteiger partial charge on any atom is 0.262 e. The highest BCUT2D eigenvalue weighted by Gasteiger charge is 2.67. The van der Waals surface area contributed by atoms with Crippen LogP contribution in [-0.2, 0) is 21.5 Å². The molecule has 1 saturated carbocycles. The van der Waals surface area contributed by atoms with Gasteiger partial charge in [-0.05, 0) is 67.0 Å². The van der Waals surface area contributed by atoms with Gasteiger partial charge in [0.1, 0.15) is 5.82 Å². The van der Waals surface area contributed by atoms with E-state index in [1.165, 1.54) is 11.0 Å². The molecule has 2 aliphatic carbocycles. The predicted octanol–water partition coefficient (Wildman–Crippen LogP) is 3.48. The van der Waals surface area contributed by atoms with Crippen molar-refractivity contribution >= 4 is 11.9 Å². The van der Waals surface area contributed by atoms with Gasteiger partial charge in [-0.15, -0.1) is 0 Å². The zero-order chi connectivity index (χ0) is 22.7. The van der Waals surface area contributed by atoms with Crippen molar-refractivity contribution in [3.05, 3.63) is 58.9 Å². The summed E-state index contributed by atoms with van der Waals surface area (Å²) < 4.78 is 20.9. The molecule has 0 aromatic heterocycles. The number of halogens is 1. The molecule has 1 atom stereocenters. The van der Waals surface area contributed by atoms with Crippen LogP contribution in [-0.4, -0.2) is 37.0 Å². The molecule has 1 unspecified atom stereocenters. The lowest BCUT2D eigenvalue weighted by molar-refractivity contribution is -0.137. The monoisotopic (exact) mass is 432 g/mol. The van der Waals surface area contributed by atoms with Crippen LogP contribution in [0.4, 0.5) is 4.39 Å². The molecule has 2 aromatic carbocycles. The van der Waals surface area contributed by atoms with Crippen LogP contribution in [0.25, 0.3) is 11.1 Å². The fourth-order valence-corrected chi connectivity index (χ4v) is 6.00. The molecule has 0 bridgehead atoms. The van der Waals surface area contributed by atoms with Gasteiger partial charge in [-0.3, -0.25) is 9.69 Å². The first-order valence-electron chi connectivity index (χ1n) is 10.9. The summed E-state index contributed by atoms with van der Waals surface area (Å²) in [5.74, 6) is -0.397. The van der Waals surface area contributed by atoms with E-state index < -0.39 is 11.0 Å². The second kappa shape index (κ2) is 7.14. The molecule has 0 radical (unpaired) electrons. The highest BCUT2D eigenvalue weighted by atomic mass is 19.1. The maximum absolute atomic E-state index is 15.3. The fraction of sp³-hybridized carbons (Fsp3) is 0.400. The molecule has 2 spiro atoms. The summed E-state index contributed by atoms with van der Waals surface area (Å²) >= 11 is 0. The minimum absolute atomic E-state index is 0.119. The van der Waals surface area contributed by atoms with Crippen LogP contribution >= 0.6 is 0 Å². The molecular weight excluding hydrogens is 407 g/mol. The largest absolute Gasteiger partial charge is 0.381 e. The number of nitriles is 1. The van der Waals surface area contributed by atoms with Gasteiger partial charge in [0.15, 0.2) is 11.5 Å². The second-order valence-electron chi connectivity index (χ2n) is 9.08. The van der Waals surface area contributed by atoms with Gasteiger partial charge >= 0.3 is 0 Å². The Labute approximate surface area is 186 Å². The van der Waals surface area contributed by atoms with Gasteiger partial charge in [-0.1, -0.05) is 18.2 Å². The summed E-state index contributed by atoms with van der Waals surface area (Å²) in [6.45, 7) is 0. The number of nitrogens with zero attached hydrogens (tertiary/aromatic N) is 3. The number of ether oxygens (including phenoxy) is 1. The highest BCUT2D eigenvalue weighted by molar-refractivity contribution is 6.09. The Morgan fingerprint density at radius 2 is 2.03 bits per heavy atom. The first-order chi connectivity index (χ1) is 15.4. The quantitative estimate of drug-likeness (QED) is 0.787. The summed E-state index contributed by atoms with van der Waals surface area (Å²) in [5.41, 5.74) is 7.46. The van der Waals surface area contributed by atoms with Gasteiger partial charge in [-0.25, -0.2) is 9.38 Å². The third kappa shape index (κ3) is 2.59. The number of carbonyl (C=O) groups excluding carboxylic acids is 1. The molecule has 1 fully saturated rings. The molecule has 1 aliphatic heterocycles. The molecule has 0 saturated heterocycles. The zero-order valence-electron chi connectivity index (χ0n) is 18.2. The Kier molecular flexibility index (Phi) is 4.61. The number of methoxy groups -OCH3 is 1. The van der Waals surface area contributed by atoms with Crippen LogP contribution in [0.15, 0.2) is 41.4 Å². The van der Waals surface area contributed by atoms with Crippen LogP contribution in [0, 0.1) is 22.6 Å². The van der Waals surface area contributed by atoms with Crippen LogP contribution in [0.3, 0.4) is 0 Å². The van der Waals surface area contributed by atoms with Gasteiger partial charge in [0.05, 0.1) is 17.7 Å². The van der Waals surface area contributed by atoms with Crippen LogP contribution in [0.1, 0.15) is 42.4 Å². The van der Waals surface area contributed by atoms with Crippen molar-refractivity contribution in [1.29, 1.82) is 5.26 Å². The van der Waals surface area contributed by atoms with Gasteiger partial charge in [0.25, 0.3) is 5.91 Å². The number of hydrogen-bond donors (Lipinski definition) is 1. The van der Waals surface area contributed by atoms with Crippen molar-refractivity contribution in [1.82, 2.24) is 4.90 Å². The Bertz CT molecular complexity index is 1190. The van der Waals surface area contributed by atoms with Crippen molar-refractivity contribution in [3.63, 3.8) is 0 Å². The number of likely N-dealkylation sites (N-methyl/N-ethyl adjacent to an activating group) is 1. The first kappa shape index (κ1) is 20.7.